The van der Waals surface area contributed by atoms with Crippen LogP contribution in [0.2, 0.25) is 0 Å². The average Bonchev–Trinajstić information content (AvgIpc) is 2.41. The summed E-state index contributed by atoms with van der Waals surface area (Å²) >= 11 is 0. The number of rotatable bonds is 1. The molecule has 1 saturated heterocycles. The summed E-state index contributed by atoms with van der Waals surface area (Å²) in [5.74, 6) is -0.637. The van der Waals surface area contributed by atoms with Crippen molar-refractivity contribution in [3.63, 3.8) is 0 Å². The molecule has 0 saturated carbocycles. The monoisotopic (exact) mass is 285 g/mol. The van der Waals surface area contributed by atoms with E-state index in [9.17, 15) is 9.59 Å². The average molecular weight is 285 g/mol. The van der Waals surface area contributed by atoms with Crippen LogP contribution in [-0.2, 0) is 19.1 Å². The Kier molecular flexibility index (Phi) is 9.04. The highest BCUT2D eigenvalue weighted by molar-refractivity contribution is 5.83. The van der Waals surface area contributed by atoms with E-state index in [0.29, 0.717) is 26.2 Å². The molecule has 0 aromatic heterocycles. The largest absolute Gasteiger partial charge is 0.452 e. The summed E-state index contributed by atoms with van der Waals surface area (Å²) in [6.45, 7) is 3.14. The molecule has 5 heteroatoms. The van der Waals surface area contributed by atoms with Gasteiger partial charge in [0.1, 0.15) is 0 Å². The summed E-state index contributed by atoms with van der Waals surface area (Å²) in [7, 11) is 0. The molecule has 1 amide bonds. The number of nitrogens with one attached hydrogen (secondary N) is 1. The van der Waals surface area contributed by atoms with E-state index in [1.54, 1.807) is 0 Å². The van der Waals surface area contributed by atoms with Gasteiger partial charge in [0.15, 0.2) is 6.10 Å². The van der Waals surface area contributed by atoms with Gasteiger partial charge < -0.3 is 14.8 Å². The molecule has 0 spiro atoms. The highest BCUT2D eigenvalue weighted by Gasteiger charge is 2.20. The summed E-state index contributed by atoms with van der Waals surface area (Å²) in [5, 5.41) is 2.84. The first-order valence-corrected chi connectivity index (χ1v) is 7.73. The van der Waals surface area contributed by atoms with Crippen LogP contribution in [0.5, 0.6) is 0 Å². The van der Waals surface area contributed by atoms with Crippen LogP contribution in [0.3, 0.4) is 0 Å². The Morgan fingerprint density at radius 3 is 2.45 bits per heavy atom. The van der Waals surface area contributed by atoms with E-state index in [1.165, 1.54) is 32.6 Å². The van der Waals surface area contributed by atoms with E-state index in [1.807, 2.05) is 0 Å². The number of esters is 1. The minimum Gasteiger partial charge on any atom is -0.452 e. The van der Waals surface area contributed by atoms with Gasteiger partial charge in [-0.15, -0.1) is 0 Å². The predicted octanol–water partition coefficient (Wildman–Crippen LogP) is 2.19. The molecule has 0 aromatic carbocycles. The van der Waals surface area contributed by atoms with E-state index < -0.39 is 12.1 Å². The molecule has 1 unspecified atom stereocenters. The molecule has 20 heavy (non-hydrogen) atoms. The Hall–Kier alpha value is -1.10. The van der Waals surface area contributed by atoms with Crippen LogP contribution in [0.4, 0.5) is 0 Å². The zero-order valence-electron chi connectivity index (χ0n) is 12.5. The van der Waals surface area contributed by atoms with E-state index >= 15 is 0 Å². The third-order valence-corrected chi connectivity index (χ3v) is 3.39. The van der Waals surface area contributed by atoms with E-state index in [-0.39, 0.29) is 5.91 Å². The molecule has 0 aliphatic carbocycles. The van der Waals surface area contributed by atoms with Crippen molar-refractivity contribution < 1.29 is 19.1 Å². The Morgan fingerprint density at radius 2 is 1.75 bits per heavy atom. The first-order valence-electron chi connectivity index (χ1n) is 7.73. The lowest BCUT2D eigenvalue weighted by molar-refractivity contribution is -0.155. The number of carbonyl (C=O) groups is 2. The minimum atomic E-state index is -0.724. The Labute approximate surface area is 121 Å². The van der Waals surface area contributed by atoms with Gasteiger partial charge in [-0.25, -0.2) is 0 Å². The van der Waals surface area contributed by atoms with Gasteiger partial charge in [-0.2, -0.15) is 0 Å². The molecule has 0 aromatic rings. The van der Waals surface area contributed by atoms with Gasteiger partial charge in [0.2, 0.25) is 0 Å². The Morgan fingerprint density at radius 1 is 1.10 bits per heavy atom. The molecule has 1 fully saturated rings. The lowest BCUT2D eigenvalue weighted by Gasteiger charge is -2.16. The second-order valence-electron chi connectivity index (χ2n) is 5.27. The molecular weight excluding hydrogens is 258 g/mol. The van der Waals surface area contributed by atoms with Gasteiger partial charge >= 0.3 is 5.97 Å². The maximum Gasteiger partial charge on any atom is 0.303 e. The summed E-state index contributed by atoms with van der Waals surface area (Å²) in [6.07, 6.45) is 7.79. The summed E-state index contributed by atoms with van der Waals surface area (Å²) in [4.78, 5) is 23.0. The third-order valence-electron chi connectivity index (χ3n) is 3.39. The van der Waals surface area contributed by atoms with Crippen LogP contribution in [0.25, 0.3) is 0 Å². The third kappa shape index (κ3) is 8.15. The van der Waals surface area contributed by atoms with Crippen LogP contribution in [0.15, 0.2) is 0 Å². The lowest BCUT2D eigenvalue weighted by atomic mass is 10.1. The van der Waals surface area contributed by atoms with Crippen molar-refractivity contribution >= 4 is 11.9 Å². The maximum absolute atomic E-state index is 11.9. The highest BCUT2D eigenvalue weighted by Crippen LogP contribution is 2.08. The molecule has 1 N–H and O–H groups in total. The smallest absolute Gasteiger partial charge is 0.303 e. The van der Waals surface area contributed by atoms with Crippen molar-refractivity contribution in [1.82, 2.24) is 5.32 Å². The normalized spacial score (nSPS) is 24.1. The summed E-state index contributed by atoms with van der Waals surface area (Å²) < 4.78 is 10.6. The Bertz CT molecular complexity index is 294. The number of carbonyl (C=O) groups excluding carboxylic acids is 2. The van der Waals surface area contributed by atoms with Gasteiger partial charge in [0.05, 0.1) is 6.61 Å². The fourth-order valence-corrected chi connectivity index (χ4v) is 2.27. The molecular formula is C15H27NO4. The number of amides is 1. The fourth-order valence-electron chi connectivity index (χ4n) is 2.27. The van der Waals surface area contributed by atoms with Gasteiger partial charge in [-0.3, -0.25) is 9.59 Å². The molecule has 1 aliphatic rings. The predicted molar refractivity (Wildman–Crippen MR) is 76.3 cm³/mol. The van der Waals surface area contributed by atoms with E-state index in [2.05, 4.69) is 5.32 Å². The first kappa shape index (κ1) is 17.0. The van der Waals surface area contributed by atoms with Gasteiger partial charge in [0.25, 0.3) is 5.91 Å². The molecule has 1 aliphatic heterocycles. The van der Waals surface area contributed by atoms with Gasteiger partial charge in [-0.05, 0) is 12.8 Å². The number of hydrogen-bond donors (Lipinski definition) is 1. The van der Waals surface area contributed by atoms with Gasteiger partial charge in [0, 0.05) is 26.5 Å². The quantitative estimate of drug-likeness (QED) is 0.750. The zero-order valence-corrected chi connectivity index (χ0v) is 12.5. The fraction of sp³-hybridized carbons (Fsp3) is 0.867. The highest BCUT2D eigenvalue weighted by atomic mass is 16.5. The molecule has 1 atom stereocenters. The SMILES string of the molecule is CC(=O)OC1CCOCCCCCCCCCNC1=O. The van der Waals surface area contributed by atoms with Crippen LogP contribution in [0.1, 0.15) is 58.3 Å². The van der Waals surface area contributed by atoms with Crippen LogP contribution in [-0.4, -0.2) is 37.7 Å². The molecule has 1 heterocycles. The zero-order chi connectivity index (χ0) is 14.6. The Balaban J connectivity index is 2.42. The van der Waals surface area contributed by atoms with Gasteiger partial charge in [-0.1, -0.05) is 32.1 Å². The lowest BCUT2D eigenvalue weighted by Crippen LogP contribution is -2.38. The summed E-state index contributed by atoms with van der Waals surface area (Å²) in [6, 6.07) is 0. The van der Waals surface area contributed by atoms with Crippen LogP contribution < -0.4 is 5.32 Å². The molecule has 0 bridgehead atoms. The molecule has 116 valence electrons. The van der Waals surface area contributed by atoms with Crippen molar-refractivity contribution in [2.75, 3.05) is 19.8 Å². The van der Waals surface area contributed by atoms with Crippen molar-refractivity contribution in [3.8, 4) is 0 Å². The molecule has 5 nitrogen and oxygen atoms in total. The van der Waals surface area contributed by atoms with Crippen molar-refractivity contribution in [3.05, 3.63) is 0 Å². The van der Waals surface area contributed by atoms with Crippen molar-refractivity contribution in [1.29, 1.82) is 0 Å². The summed E-state index contributed by atoms with van der Waals surface area (Å²) in [5.41, 5.74) is 0. The topological polar surface area (TPSA) is 64.6 Å². The van der Waals surface area contributed by atoms with Crippen molar-refractivity contribution in [2.24, 2.45) is 0 Å². The second kappa shape index (κ2) is 10.7. The maximum atomic E-state index is 11.9. The van der Waals surface area contributed by atoms with Crippen LogP contribution >= 0.6 is 0 Å². The van der Waals surface area contributed by atoms with Crippen LogP contribution in [0, 0.1) is 0 Å². The van der Waals surface area contributed by atoms with Crippen molar-refractivity contribution in [2.45, 2.75) is 64.4 Å². The first-order chi connectivity index (χ1) is 9.70. The number of ether oxygens (including phenoxy) is 2. The van der Waals surface area contributed by atoms with E-state index in [4.69, 9.17) is 9.47 Å². The van der Waals surface area contributed by atoms with E-state index in [0.717, 1.165) is 19.3 Å². The molecule has 1 rings (SSSR count). The second-order valence-corrected chi connectivity index (χ2v) is 5.27. The minimum absolute atomic E-state index is 0.210. The number of hydrogen-bond acceptors (Lipinski definition) is 4. The standard InChI is InChI=1S/C15H27NO4/c1-13(17)20-14-9-12-19-11-8-6-4-2-3-5-7-10-16-15(14)18/h14H,2-12H2,1H3,(H,16,18). The molecule has 0 radical (unpaired) electrons.